The summed E-state index contributed by atoms with van der Waals surface area (Å²) in [6.45, 7) is 4.77. The van der Waals surface area contributed by atoms with E-state index >= 15 is 0 Å². The Hall–Kier alpha value is -1.66. The van der Waals surface area contributed by atoms with E-state index in [4.69, 9.17) is 0 Å². The molecule has 0 saturated carbocycles. The van der Waals surface area contributed by atoms with Gasteiger partial charge in [-0.15, -0.1) is 12.4 Å². The lowest BCUT2D eigenvalue weighted by Gasteiger charge is -2.36. The highest BCUT2D eigenvalue weighted by atomic mass is 35.5. The first-order valence-corrected chi connectivity index (χ1v) is 7.89. The van der Waals surface area contributed by atoms with Crippen molar-refractivity contribution in [2.45, 2.75) is 32.2 Å². The summed E-state index contributed by atoms with van der Waals surface area (Å²) < 4.78 is 0. The molecule has 0 aromatic carbocycles. The van der Waals surface area contributed by atoms with Gasteiger partial charge in [0.1, 0.15) is 0 Å². The van der Waals surface area contributed by atoms with Crippen molar-refractivity contribution in [3.63, 3.8) is 0 Å². The molecule has 1 aliphatic heterocycles. The van der Waals surface area contributed by atoms with E-state index in [1.165, 1.54) is 0 Å². The molecule has 0 aliphatic carbocycles. The smallest absolute Gasteiger partial charge is 0.223 e. The van der Waals surface area contributed by atoms with Gasteiger partial charge in [0.2, 0.25) is 11.8 Å². The molecule has 7 heteroatoms. The quantitative estimate of drug-likeness (QED) is 0.818. The van der Waals surface area contributed by atoms with Crippen molar-refractivity contribution in [3.8, 4) is 0 Å². The lowest BCUT2D eigenvalue weighted by atomic mass is 10.0. The van der Waals surface area contributed by atoms with Crippen molar-refractivity contribution in [1.82, 2.24) is 20.5 Å². The van der Waals surface area contributed by atoms with Crippen molar-refractivity contribution in [3.05, 3.63) is 30.1 Å². The lowest BCUT2D eigenvalue weighted by Crippen LogP contribution is -2.48. The van der Waals surface area contributed by atoms with Gasteiger partial charge in [0.05, 0.1) is 6.04 Å². The number of carbonyl (C=O) groups excluding carboxylic acids is 2. The minimum atomic E-state index is 0. The van der Waals surface area contributed by atoms with E-state index in [9.17, 15) is 9.59 Å². The van der Waals surface area contributed by atoms with Gasteiger partial charge in [0.15, 0.2) is 0 Å². The SMILES string of the molecule is CCNC(=O)CCCC(=O)N1CCNCC1c1cccnc1.Cl. The van der Waals surface area contributed by atoms with E-state index in [-0.39, 0.29) is 30.3 Å². The molecule has 0 radical (unpaired) electrons. The second-order valence-corrected chi connectivity index (χ2v) is 5.40. The van der Waals surface area contributed by atoms with Crippen LogP contribution in [0.1, 0.15) is 37.8 Å². The Morgan fingerprint density at radius 2 is 2.26 bits per heavy atom. The molecule has 1 aromatic heterocycles. The van der Waals surface area contributed by atoms with Gasteiger partial charge in [0.25, 0.3) is 0 Å². The zero-order valence-corrected chi connectivity index (χ0v) is 14.3. The van der Waals surface area contributed by atoms with Crippen LogP contribution >= 0.6 is 12.4 Å². The molecule has 23 heavy (non-hydrogen) atoms. The summed E-state index contributed by atoms with van der Waals surface area (Å²) in [5.74, 6) is 0.124. The number of nitrogens with zero attached hydrogens (tertiary/aromatic N) is 2. The first kappa shape index (κ1) is 19.4. The number of piperazine rings is 1. The minimum Gasteiger partial charge on any atom is -0.356 e. The topological polar surface area (TPSA) is 74.3 Å². The predicted molar refractivity (Wildman–Crippen MR) is 91.3 cm³/mol. The predicted octanol–water partition coefficient (Wildman–Crippen LogP) is 1.28. The van der Waals surface area contributed by atoms with Crippen LogP contribution in [0.5, 0.6) is 0 Å². The summed E-state index contributed by atoms with van der Waals surface area (Å²) in [7, 11) is 0. The second-order valence-electron chi connectivity index (χ2n) is 5.40. The number of halogens is 1. The maximum absolute atomic E-state index is 12.5. The molecule has 1 fully saturated rings. The van der Waals surface area contributed by atoms with Crippen LogP contribution in [0.2, 0.25) is 0 Å². The molecule has 6 nitrogen and oxygen atoms in total. The Morgan fingerprint density at radius 1 is 1.43 bits per heavy atom. The average molecular weight is 341 g/mol. The maximum atomic E-state index is 12.5. The van der Waals surface area contributed by atoms with E-state index < -0.39 is 0 Å². The summed E-state index contributed by atoms with van der Waals surface area (Å²) in [5.41, 5.74) is 1.05. The summed E-state index contributed by atoms with van der Waals surface area (Å²) >= 11 is 0. The van der Waals surface area contributed by atoms with Crippen molar-refractivity contribution in [2.24, 2.45) is 0 Å². The van der Waals surface area contributed by atoms with E-state index in [1.54, 1.807) is 6.20 Å². The number of hydrogen-bond acceptors (Lipinski definition) is 4. The van der Waals surface area contributed by atoms with Crippen LogP contribution in [0.15, 0.2) is 24.5 Å². The van der Waals surface area contributed by atoms with Crippen LogP contribution < -0.4 is 10.6 Å². The Kier molecular flexibility index (Phi) is 8.58. The normalized spacial score (nSPS) is 17.3. The van der Waals surface area contributed by atoms with Crippen LogP contribution in [-0.2, 0) is 9.59 Å². The first-order chi connectivity index (χ1) is 10.7. The Labute approximate surface area is 143 Å². The number of hydrogen-bond donors (Lipinski definition) is 2. The summed E-state index contributed by atoms with van der Waals surface area (Å²) in [6.07, 6.45) is 4.95. The van der Waals surface area contributed by atoms with Crippen molar-refractivity contribution in [1.29, 1.82) is 0 Å². The molecule has 0 bridgehead atoms. The third-order valence-corrected chi connectivity index (χ3v) is 3.80. The van der Waals surface area contributed by atoms with E-state index in [1.807, 2.05) is 30.2 Å². The molecule has 1 unspecified atom stereocenters. The molecule has 1 aliphatic rings. The Morgan fingerprint density at radius 3 is 2.96 bits per heavy atom. The van der Waals surface area contributed by atoms with Crippen LogP contribution in [0.4, 0.5) is 0 Å². The fraction of sp³-hybridized carbons (Fsp3) is 0.562. The molecule has 1 atom stereocenters. The van der Waals surface area contributed by atoms with Gasteiger partial charge in [-0.1, -0.05) is 6.07 Å². The molecule has 128 valence electrons. The van der Waals surface area contributed by atoms with Crippen LogP contribution in [0, 0.1) is 0 Å². The summed E-state index contributed by atoms with van der Waals surface area (Å²) in [6, 6.07) is 3.92. The van der Waals surface area contributed by atoms with Crippen LogP contribution in [0.3, 0.4) is 0 Å². The molecule has 0 spiro atoms. The lowest BCUT2D eigenvalue weighted by molar-refractivity contribution is -0.134. The largest absolute Gasteiger partial charge is 0.356 e. The zero-order chi connectivity index (χ0) is 15.8. The van der Waals surface area contributed by atoms with Gasteiger partial charge in [0, 0.05) is 51.4 Å². The monoisotopic (exact) mass is 340 g/mol. The van der Waals surface area contributed by atoms with Crippen LogP contribution in [-0.4, -0.2) is 47.9 Å². The van der Waals surface area contributed by atoms with Gasteiger partial charge in [-0.25, -0.2) is 0 Å². The standard InChI is InChI=1S/C16H24N4O2.ClH/c1-2-19-15(21)6-3-7-16(22)20-10-9-18-12-14(20)13-5-4-8-17-11-13;/h4-5,8,11,14,18H,2-3,6-7,9-10,12H2,1H3,(H,19,21);1H. The van der Waals surface area contributed by atoms with Gasteiger partial charge in [-0.2, -0.15) is 0 Å². The van der Waals surface area contributed by atoms with Gasteiger partial charge in [-0.05, 0) is 25.0 Å². The van der Waals surface area contributed by atoms with Gasteiger partial charge >= 0.3 is 0 Å². The maximum Gasteiger partial charge on any atom is 0.223 e. The number of pyridine rings is 1. The zero-order valence-electron chi connectivity index (χ0n) is 13.5. The van der Waals surface area contributed by atoms with Crippen molar-refractivity contribution in [2.75, 3.05) is 26.2 Å². The Balaban J connectivity index is 0.00000264. The average Bonchev–Trinajstić information content (AvgIpc) is 2.56. The highest BCUT2D eigenvalue weighted by Crippen LogP contribution is 2.22. The van der Waals surface area contributed by atoms with E-state index in [2.05, 4.69) is 15.6 Å². The third-order valence-electron chi connectivity index (χ3n) is 3.80. The highest BCUT2D eigenvalue weighted by Gasteiger charge is 2.27. The fourth-order valence-electron chi connectivity index (χ4n) is 2.70. The minimum absolute atomic E-state index is 0. The molecule has 2 N–H and O–H groups in total. The molecule has 2 heterocycles. The van der Waals surface area contributed by atoms with Crippen LogP contribution in [0.25, 0.3) is 0 Å². The third kappa shape index (κ3) is 5.80. The number of nitrogens with one attached hydrogen (secondary N) is 2. The second kappa shape index (κ2) is 10.2. The van der Waals surface area contributed by atoms with Crippen molar-refractivity contribution < 1.29 is 9.59 Å². The first-order valence-electron chi connectivity index (χ1n) is 7.89. The molecule has 1 saturated heterocycles. The number of carbonyl (C=O) groups is 2. The molecular weight excluding hydrogens is 316 g/mol. The summed E-state index contributed by atoms with van der Waals surface area (Å²) in [5, 5.41) is 6.07. The number of aromatic nitrogens is 1. The molecular formula is C16H25ClN4O2. The van der Waals surface area contributed by atoms with E-state index in [0.717, 1.165) is 18.7 Å². The Bertz CT molecular complexity index is 498. The highest BCUT2D eigenvalue weighted by molar-refractivity contribution is 5.85. The summed E-state index contributed by atoms with van der Waals surface area (Å²) in [4.78, 5) is 29.9. The number of rotatable bonds is 6. The van der Waals surface area contributed by atoms with Crippen molar-refractivity contribution >= 4 is 24.2 Å². The molecule has 2 amide bonds. The van der Waals surface area contributed by atoms with E-state index in [0.29, 0.717) is 32.4 Å². The fourth-order valence-corrected chi connectivity index (χ4v) is 2.70. The van der Waals surface area contributed by atoms with Gasteiger partial charge < -0.3 is 15.5 Å². The molecule has 2 rings (SSSR count). The number of amides is 2. The molecule has 1 aromatic rings. The van der Waals surface area contributed by atoms with Gasteiger partial charge in [-0.3, -0.25) is 14.6 Å².